The van der Waals surface area contributed by atoms with E-state index in [-0.39, 0.29) is 0 Å². The summed E-state index contributed by atoms with van der Waals surface area (Å²) in [5.41, 5.74) is 0. The quantitative estimate of drug-likeness (QED) is 0.372. The minimum Gasteiger partial charge on any atom is -0.387 e. The van der Waals surface area contributed by atoms with Gasteiger partial charge in [-0.3, -0.25) is 0 Å². The van der Waals surface area contributed by atoms with E-state index in [0.717, 1.165) is 18.2 Å². The number of rotatable bonds is 6. The molecule has 0 atom stereocenters. The molecule has 0 aliphatic heterocycles. The summed E-state index contributed by atoms with van der Waals surface area (Å²) in [6, 6.07) is 0. The Balaban J connectivity index is 4.48. The Hall–Kier alpha value is -2.37. The molecule has 0 saturated carbocycles. The van der Waals surface area contributed by atoms with Crippen molar-refractivity contribution in [3.8, 4) is 0 Å². The van der Waals surface area contributed by atoms with E-state index >= 15 is 0 Å². The Labute approximate surface area is 91.8 Å². The van der Waals surface area contributed by atoms with E-state index in [1.807, 2.05) is 0 Å². The van der Waals surface area contributed by atoms with Crippen molar-refractivity contribution in [2.75, 3.05) is 0 Å². The van der Waals surface area contributed by atoms with Crippen molar-refractivity contribution in [3.05, 3.63) is 38.0 Å². The lowest BCUT2D eigenvalue weighted by Gasteiger charge is -2.15. The molecule has 6 nitrogen and oxygen atoms in total. The molecule has 0 fully saturated rings. The molecule has 0 heterocycles. The van der Waals surface area contributed by atoms with Crippen molar-refractivity contribution < 1.29 is 28.6 Å². The Bertz CT molecular complexity index is 278. The average Bonchev–Trinajstić information content (AvgIpc) is 2.28. The van der Waals surface area contributed by atoms with Gasteiger partial charge in [0, 0.05) is 18.2 Å². The SMILES string of the molecule is C=CC(=O)OC(OC(=O)C=C)OC(=O)C=C. The van der Waals surface area contributed by atoms with Crippen LogP contribution in [0.2, 0.25) is 0 Å². The van der Waals surface area contributed by atoms with Gasteiger partial charge in [0.1, 0.15) is 0 Å². The highest BCUT2D eigenvalue weighted by molar-refractivity contribution is 5.84. The number of hydrogen-bond acceptors (Lipinski definition) is 6. The zero-order valence-corrected chi connectivity index (χ0v) is 8.38. The standard InChI is InChI=1S/C10H10O6/c1-4-7(11)14-10(15-8(12)5-2)16-9(13)6-3/h4-6,10H,1-3H2. The van der Waals surface area contributed by atoms with Crippen LogP contribution in [0.5, 0.6) is 0 Å². The summed E-state index contributed by atoms with van der Waals surface area (Å²) < 4.78 is 13.2. The Kier molecular flexibility index (Phi) is 5.96. The number of ether oxygens (including phenoxy) is 3. The van der Waals surface area contributed by atoms with Gasteiger partial charge in [0.2, 0.25) is 0 Å². The third-order valence-corrected chi connectivity index (χ3v) is 1.14. The molecule has 0 aliphatic rings. The number of hydrogen-bond donors (Lipinski definition) is 0. The summed E-state index contributed by atoms with van der Waals surface area (Å²) in [5, 5.41) is 0. The van der Waals surface area contributed by atoms with Crippen LogP contribution in [0, 0.1) is 0 Å². The van der Waals surface area contributed by atoms with E-state index in [4.69, 9.17) is 0 Å². The van der Waals surface area contributed by atoms with Crippen LogP contribution in [0.4, 0.5) is 0 Å². The maximum Gasteiger partial charge on any atom is 0.413 e. The van der Waals surface area contributed by atoms with Crippen molar-refractivity contribution in [1.29, 1.82) is 0 Å². The average molecular weight is 226 g/mol. The molecule has 0 spiro atoms. The van der Waals surface area contributed by atoms with Crippen LogP contribution in [0.15, 0.2) is 38.0 Å². The number of carbonyl (C=O) groups excluding carboxylic acids is 3. The highest BCUT2D eigenvalue weighted by Crippen LogP contribution is 2.01. The van der Waals surface area contributed by atoms with E-state index in [2.05, 4.69) is 33.9 Å². The summed E-state index contributed by atoms with van der Waals surface area (Å²) in [6.45, 7) is 7.56. The molecule has 0 aromatic carbocycles. The fourth-order valence-corrected chi connectivity index (χ4v) is 0.501. The second kappa shape index (κ2) is 6.99. The van der Waals surface area contributed by atoms with Crippen LogP contribution in [-0.4, -0.2) is 24.4 Å². The molecule has 0 amide bonds. The molecule has 16 heavy (non-hydrogen) atoms. The van der Waals surface area contributed by atoms with Crippen molar-refractivity contribution in [2.45, 2.75) is 6.48 Å². The first-order valence-electron chi connectivity index (χ1n) is 4.02. The first kappa shape index (κ1) is 13.6. The topological polar surface area (TPSA) is 78.9 Å². The molecule has 0 saturated heterocycles. The molecule has 0 unspecified atom stereocenters. The zero-order valence-electron chi connectivity index (χ0n) is 8.38. The lowest BCUT2D eigenvalue weighted by Crippen LogP contribution is -2.28. The summed E-state index contributed by atoms with van der Waals surface area (Å²) in [5.74, 6) is -2.75. The Morgan fingerprint density at radius 3 is 1.19 bits per heavy atom. The van der Waals surface area contributed by atoms with Gasteiger partial charge >= 0.3 is 24.4 Å². The summed E-state index contributed by atoms with van der Waals surface area (Å²) in [7, 11) is 0. The second-order valence-corrected chi connectivity index (χ2v) is 2.21. The summed E-state index contributed by atoms with van der Waals surface area (Å²) >= 11 is 0. The van der Waals surface area contributed by atoms with Gasteiger partial charge in [-0.15, -0.1) is 0 Å². The Morgan fingerprint density at radius 1 is 0.750 bits per heavy atom. The van der Waals surface area contributed by atoms with E-state index in [1.165, 1.54) is 0 Å². The van der Waals surface area contributed by atoms with Crippen molar-refractivity contribution in [2.24, 2.45) is 0 Å². The van der Waals surface area contributed by atoms with Crippen molar-refractivity contribution in [1.82, 2.24) is 0 Å². The smallest absolute Gasteiger partial charge is 0.387 e. The van der Waals surface area contributed by atoms with E-state index in [0.29, 0.717) is 0 Å². The van der Waals surface area contributed by atoms with Crippen molar-refractivity contribution in [3.63, 3.8) is 0 Å². The van der Waals surface area contributed by atoms with Gasteiger partial charge in [-0.05, 0) is 0 Å². The molecule has 0 radical (unpaired) electrons. The molecule has 0 aromatic heterocycles. The molecule has 0 bridgehead atoms. The fourth-order valence-electron chi connectivity index (χ4n) is 0.501. The van der Waals surface area contributed by atoms with Gasteiger partial charge in [0.05, 0.1) is 0 Å². The number of esters is 3. The monoisotopic (exact) mass is 226 g/mol. The van der Waals surface area contributed by atoms with Crippen LogP contribution in [0.1, 0.15) is 0 Å². The molecule has 6 heteroatoms. The maximum absolute atomic E-state index is 10.8. The largest absolute Gasteiger partial charge is 0.413 e. The second-order valence-electron chi connectivity index (χ2n) is 2.21. The van der Waals surface area contributed by atoms with Crippen LogP contribution in [0.3, 0.4) is 0 Å². The predicted molar refractivity (Wildman–Crippen MR) is 52.7 cm³/mol. The fraction of sp³-hybridized carbons (Fsp3) is 0.100. The zero-order chi connectivity index (χ0) is 12.6. The molecule has 0 rings (SSSR count). The van der Waals surface area contributed by atoms with E-state index < -0.39 is 24.4 Å². The third kappa shape index (κ3) is 5.38. The van der Waals surface area contributed by atoms with Gasteiger partial charge in [0.25, 0.3) is 0 Å². The van der Waals surface area contributed by atoms with Crippen LogP contribution in [0.25, 0.3) is 0 Å². The normalized spacial score (nSPS) is 8.81. The lowest BCUT2D eigenvalue weighted by molar-refractivity contribution is -0.250. The van der Waals surface area contributed by atoms with Gasteiger partial charge in [-0.25, -0.2) is 14.4 Å². The molecule has 0 aromatic rings. The Morgan fingerprint density at radius 2 is 1.00 bits per heavy atom. The van der Waals surface area contributed by atoms with Crippen molar-refractivity contribution >= 4 is 17.9 Å². The van der Waals surface area contributed by atoms with E-state index in [9.17, 15) is 14.4 Å². The van der Waals surface area contributed by atoms with Gasteiger partial charge < -0.3 is 14.2 Å². The molecular formula is C10H10O6. The van der Waals surface area contributed by atoms with Gasteiger partial charge in [-0.1, -0.05) is 19.7 Å². The van der Waals surface area contributed by atoms with Gasteiger partial charge in [-0.2, -0.15) is 0 Å². The minimum absolute atomic E-state index is 0.816. The summed E-state index contributed by atoms with van der Waals surface area (Å²) in [4.78, 5) is 32.4. The molecule has 0 aliphatic carbocycles. The third-order valence-electron chi connectivity index (χ3n) is 1.14. The number of carbonyl (C=O) groups is 3. The predicted octanol–water partition coefficient (Wildman–Crippen LogP) is 0.458. The van der Waals surface area contributed by atoms with Gasteiger partial charge in [0.15, 0.2) is 0 Å². The lowest BCUT2D eigenvalue weighted by atomic mass is 10.6. The van der Waals surface area contributed by atoms with Crippen LogP contribution in [-0.2, 0) is 28.6 Å². The first-order valence-corrected chi connectivity index (χ1v) is 4.02. The highest BCUT2D eigenvalue weighted by Gasteiger charge is 2.19. The van der Waals surface area contributed by atoms with E-state index in [1.54, 1.807) is 0 Å². The minimum atomic E-state index is -1.79. The maximum atomic E-state index is 10.8. The highest BCUT2D eigenvalue weighted by atomic mass is 16.9. The molecule has 0 N–H and O–H groups in total. The van der Waals surface area contributed by atoms with Crippen LogP contribution < -0.4 is 0 Å². The van der Waals surface area contributed by atoms with Crippen LogP contribution >= 0.6 is 0 Å². The molecular weight excluding hydrogens is 216 g/mol. The summed E-state index contributed by atoms with van der Waals surface area (Å²) in [6.07, 6.45) is 2.45. The molecule has 86 valence electrons. The first-order chi connectivity index (χ1) is 7.53.